The molecule has 31 heavy (non-hydrogen) atoms. The molecule has 6 heteroatoms. The van der Waals surface area contributed by atoms with Crippen LogP contribution in [0.25, 0.3) is 0 Å². The standard InChI is InChI=1S/C25H33N3O3/c29-25(26-18-24(22-11-14-31-19-22)28-12-15-30-16-13-28)27-23(21-9-5-2-6-10-21)17-20-7-3-1-4-8-20/h1-10,22-24H,11-19H2,(H2,26,27,29)/t22-,23-,24+/m0/s1. The van der Waals surface area contributed by atoms with Gasteiger partial charge in [-0.1, -0.05) is 60.7 Å². The van der Waals surface area contributed by atoms with Gasteiger partial charge in [-0.2, -0.15) is 0 Å². The van der Waals surface area contributed by atoms with Gasteiger partial charge in [0.1, 0.15) is 0 Å². The number of hydrogen-bond donors (Lipinski definition) is 2. The van der Waals surface area contributed by atoms with Gasteiger partial charge in [-0.15, -0.1) is 0 Å². The third-order valence-corrected chi connectivity index (χ3v) is 6.29. The third kappa shape index (κ3) is 6.29. The minimum atomic E-state index is -0.123. The quantitative estimate of drug-likeness (QED) is 0.685. The van der Waals surface area contributed by atoms with E-state index < -0.39 is 0 Å². The summed E-state index contributed by atoms with van der Waals surface area (Å²) in [6, 6.07) is 20.5. The Morgan fingerprint density at radius 1 is 0.968 bits per heavy atom. The summed E-state index contributed by atoms with van der Waals surface area (Å²) < 4.78 is 11.2. The van der Waals surface area contributed by atoms with Crippen LogP contribution >= 0.6 is 0 Å². The Morgan fingerprint density at radius 2 is 1.68 bits per heavy atom. The molecule has 0 aliphatic carbocycles. The van der Waals surface area contributed by atoms with Gasteiger partial charge < -0.3 is 20.1 Å². The molecule has 0 aromatic heterocycles. The van der Waals surface area contributed by atoms with Crippen molar-refractivity contribution in [3.05, 3.63) is 71.8 Å². The normalized spacial score (nSPS) is 21.4. The second-order valence-corrected chi connectivity index (χ2v) is 8.35. The van der Waals surface area contributed by atoms with Gasteiger partial charge in [-0.3, -0.25) is 4.90 Å². The molecule has 2 aliphatic rings. The van der Waals surface area contributed by atoms with Crippen molar-refractivity contribution in [2.75, 3.05) is 46.1 Å². The van der Waals surface area contributed by atoms with E-state index in [0.717, 1.165) is 57.9 Å². The monoisotopic (exact) mass is 423 g/mol. The highest BCUT2D eigenvalue weighted by Gasteiger charge is 2.32. The van der Waals surface area contributed by atoms with Crippen LogP contribution in [0.4, 0.5) is 4.79 Å². The van der Waals surface area contributed by atoms with E-state index in [-0.39, 0.29) is 18.1 Å². The van der Waals surface area contributed by atoms with E-state index in [2.05, 4.69) is 39.8 Å². The summed E-state index contributed by atoms with van der Waals surface area (Å²) in [5.41, 5.74) is 2.31. The third-order valence-electron chi connectivity index (χ3n) is 6.29. The molecule has 4 rings (SSSR count). The largest absolute Gasteiger partial charge is 0.381 e. The van der Waals surface area contributed by atoms with Crippen LogP contribution in [0.1, 0.15) is 23.6 Å². The molecule has 0 bridgehead atoms. The summed E-state index contributed by atoms with van der Waals surface area (Å²) in [5.74, 6) is 0.452. The van der Waals surface area contributed by atoms with Crippen molar-refractivity contribution in [3.8, 4) is 0 Å². The number of ether oxygens (including phenoxy) is 2. The first-order valence-electron chi connectivity index (χ1n) is 11.3. The lowest BCUT2D eigenvalue weighted by Crippen LogP contribution is -2.53. The van der Waals surface area contributed by atoms with Gasteiger partial charge in [0.15, 0.2) is 0 Å². The van der Waals surface area contributed by atoms with Crippen LogP contribution in [0, 0.1) is 5.92 Å². The van der Waals surface area contributed by atoms with Crippen molar-refractivity contribution in [3.63, 3.8) is 0 Å². The fourth-order valence-corrected chi connectivity index (χ4v) is 4.55. The van der Waals surface area contributed by atoms with Gasteiger partial charge >= 0.3 is 6.03 Å². The van der Waals surface area contributed by atoms with Gasteiger partial charge in [-0.05, 0) is 24.0 Å². The van der Waals surface area contributed by atoms with Crippen LogP contribution in [0.2, 0.25) is 0 Å². The molecular formula is C25H33N3O3. The molecule has 2 aromatic carbocycles. The maximum absolute atomic E-state index is 12.9. The van der Waals surface area contributed by atoms with Crippen molar-refractivity contribution >= 4 is 6.03 Å². The lowest BCUT2D eigenvalue weighted by atomic mass is 9.97. The molecule has 2 fully saturated rings. The zero-order valence-electron chi connectivity index (χ0n) is 18.0. The van der Waals surface area contributed by atoms with E-state index in [1.807, 2.05) is 36.4 Å². The Kier molecular flexibility index (Phi) is 7.93. The molecule has 0 unspecified atom stereocenters. The number of carbonyl (C=O) groups is 1. The number of carbonyl (C=O) groups excluding carboxylic acids is 1. The molecule has 0 saturated carbocycles. The molecule has 0 radical (unpaired) electrons. The van der Waals surface area contributed by atoms with Crippen molar-refractivity contribution < 1.29 is 14.3 Å². The Morgan fingerprint density at radius 3 is 2.35 bits per heavy atom. The predicted octanol–water partition coefficient (Wildman–Crippen LogP) is 3.01. The average Bonchev–Trinajstić information content (AvgIpc) is 3.35. The van der Waals surface area contributed by atoms with Crippen molar-refractivity contribution in [2.24, 2.45) is 5.92 Å². The van der Waals surface area contributed by atoms with Gasteiger partial charge in [0.25, 0.3) is 0 Å². The van der Waals surface area contributed by atoms with Crippen LogP contribution in [0.15, 0.2) is 60.7 Å². The van der Waals surface area contributed by atoms with Gasteiger partial charge in [0, 0.05) is 38.2 Å². The lowest BCUT2D eigenvalue weighted by Gasteiger charge is -2.37. The lowest BCUT2D eigenvalue weighted by molar-refractivity contribution is 0.00211. The van der Waals surface area contributed by atoms with Crippen LogP contribution in [0.5, 0.6) is 0 Å². The molecular weight excluding hydrogens is 390 g/mol. The highest BCUT2D eigenvalue weighted by atomic mass is 16.5. The van der Waals surface area contributed by atoms with Gasteiger partial charge in [0.05, 0.1) is 25.9 Å². The Balaban J connectivity index is 1.39. The van der Waals surface area contributed by atoms with Crippen molar-refractivity contribution in [2.45, 2.75) is 24.9 Å². The van der Waals surface area contributed by atoms with E-state index in [1.54, 1.807) is 0 Å². The number of urea groups is 1. The number of amides is 2. The first-order chi connectivity index (χ1) is 15.3. The molecule has 3 atom stereocenters. The Bertz CT molecular complexity index is 790. The van der Waals surface area contributed by atoms with Crippen LogP contribution in [-0.2, 0) is 15.9 Å². The SMILES string of the molecule is O=C(NC[C@H]([C@H]1CCOC1)N1CCOCC1)N[C@@H](Cc1ccccc1)c1ccccc1. The molecule has 2 aliphatic heterocycles. The first kappa shape index (κ1) is 21.8. The molecule has 0 spiro atoms. The molecule has 2 heterocycles. The second kappa shape index (κ2) is 11.3. The number of benzene rings is 2. The maximum Gasteiger partial charge on any atom is 0.315 e. The Labute approximate surface area is 184 Å². The highest BCUT2D eigenvalue weighted by molar-refractivity contribution is 5.74. The van der Waals surface area contributed by atoms with Crippen molar-refractivity contribution in [1.82, 2.24) is 15.5 Å². The number of hydrogen-bond acceptors (Lipinski definition) is 4. The van der Waals surface area contributed by atoms with Gasteiger partial charge in [0.2, 0.25) is 0 Å². The number of morpholine rings is 1. The summed E-state index contributed by atoms with van der Waals surface area (Å²) >= 11 is 0. The maximum atomic E-state index is 12.9. The number of nitrogens with one attached hydrogen (secondary N) is 2. The summed E-state index contributed by atoms with van der Waals surface area (Å²) in [4.78, 5) is 15.4. The zero-order chi connectivity index (χ0) is 21.3. The minimum Gasteiger partial charge on any atom is -0.381 e. The van der Waals surface area contributed by atoms with E-state index >= 15 is 0 Å². The van der Waals surface area contributed by atoms with E-state index in [9.17, 15) is 4.79 Å². The zero-order valence-corrected chi connectivity index (χ0v) is 18.0. The molecule has 166 valence electrons. The van der Waals surface area contributed by atoms with Crippen LogP contribution in [-0.4, -0.2) is 63.0 Å². The van der Waals surface area contributed by atoms with E-state index in [0.29, 0.717) is 12.5 Å². The van der Waals surface area contributed by atoms with Gasteiger partial charge in [-0.25, -0.2) is 4.79 Å². The summed E-state index contributed by atoms with van der Waals surface area (Å²) in [6.07, 6.45) is 1.80. The summed E-state index contributed by atoms with van der Waals surface area (Å²) in [5, 5.41) is 6.36. The van der Waals surface area contributed by atoms with E-state index in [1.165, 1.54) is 5.56 Å². The fraction of sp³-hybridized carbons (Fsp3) is 0.480. The minimum absolute atomic E-state index is 0.0831. The molecule has 6 nitrogen and oxygen atoms in total. The highest BCUT2D eigenvalue weighted by Crippen LogP contribution is 2.22. The molecule has 2 aromatic rings. The van der Waals surface area contributed by atoms with Crippen molar-refractivity contribution in [1.29, 1.82) is 0 Å². The average molecular weight is 424 g/mol. The summed E-state index contributed by atoms with van der Waals surface area (Å²) in [6.45, 7) is 5.52. The summed E-state index contributed by atoms with van der Waals surface area (Å²) in [7, 11) is 0. The molecule has 2 N–H and O–H groups in total. The smallest absolute Gasteiger partial charge is 0.315 e. The topological polar surface area (TPSA) is 62.8 Å². The fourth-order valence-electron chi connectivity index (χ4n) is 4.55. The molecule has 2 amide bonds. The van der Waals surface area contributed by atoms with Crippen LogP contribution in [0.3, 0.4) is 0 Å². The predicted molar refractivity (Wildman–Crippen MR) is 121 cm³/mol. The number of rotatable bonds is 8. The second-order valence-electron chi connectivity index (χ2n) is 8.35. The Hall–Kier alpha value is -2.41. The van der Waals surface area contributed by atoms with Crippen LogP contribution < -0.4 is 10.6 Å². The van der Waals surface area contributed by atoms with E-state index in [4.69, 9.17) is 9.47 Å². The molecule has 2 saturated heterocycles. The number of nitrogens with zero attached hydrogens (tertiary/aromatic N) is 1. The first-order valence-corrected chi connectivity index (χ1v) is 11.3.